The fourth-order valence-corrected chi connectivity index (χ4v) is 7.16. The maximum absolute atomic E-state index is 10.2. The highest BCUT2D eigenvalue weighted by Gasteiger charge is 2.15. The molecular weight excluding hydrogens is 757 g/mol. The fourth-order valence-electron chi connectivity index (χ4n) is 7.16. The van der Waals surface area contributed by atoms with Crippen molar-refractivity contribution in [1.82, 2.24) is 0 Å². The molecule has 0 aliphatic rings. The zero-order valence-electron chi connectivity index (χ0n) is 35.8. The fraction of sp³-hybridized carbons (Fsp3) is 0.143. The van der Waals surface area contributed by atoms with Crippen LogP contribution in [0.15, 0.2) is 170 Å². The van der Waals surface area contributed by atoms with Crippen LogP contribution in [0, 0.1) is 17.9 Å². The number of nitriles is 1. The van der Waals surface area contributed by atoms with E-state index >= 15 is 0 Å². The van der Waals surface area contributed by atoms with Gasteiger partial charge in [0, 0.05) is 57.6 Å². The van der Waals surface area contributed by atoms with Gasteiger partial charge in [-0.15, -0.1) is 0 Å². The zero-order chi connectivity index (χ0) is 43.3. The maximum Gasteiger partial charge on any atom is 0.194 e. The van der Waals surface area contributed by atoms with E-state index in [9.17, 15) is 5.26 Å². The summed E-state index contributed by atoms with van der Waals surface area (Å²) in [4.78, 5) is 8.33. The highest BCUT2D eigenvalue weighted by Crippen LogP contribution is 2.37. The van der Waals surface area contributed by atoms with E-state index in [1.807, 2.05) is 36.4 Å². The molecule has 0 aliphatic heterocycles. The SMILES string of the molecule is [C-]#[N+]c1cc(/C=C/c2ccc(N(c3ccccc3)c3ccc(NC(C)CC)cc3)cc2)c(C#N)cc1/C=C/c1ccc(N(c2ccccc2)c2ccc(NC(C)CC)cc2)cc1. The molecule has 0 fully saturated rings. The number of rotatable bonds is 16. The van der Waals surface area contributed by atoms with Gasteiger partial charge in [0.1, 0.15) is 0 Å². The molecule has 2 unspecified atom stereocenters. The van der Waals surface area contributed by atoms with Crippen molar-refractivity contribution in [3.8, 4) is 6.07 Å². The monoisotopic (exact) mass is 808 g/mol. The first kappa shape index (κ1) is 42.3. The Kier molecular flexibility index (Phi) is 14.0. The summed E-state index contributed by atoms with van der Waals surface area (Å²) in [7, 11) is 0. The summed E-state index contributed by atoms with van der Waals surface area (Å²) in [6.45, 7) is 16.7. The molecule has 0 saturated heterocycles. The third-order valence-corrected chi connectivity index (χ3v) is 11.0. The number of hydrogen-bond acceptors (Lipinski definition) is 5. The molecule has 0 amide bonds. The minimum absolute atomic E-state index is 0.402. The summed E-state index contributed by atoms with van der Waals surface area (Å²) in [6, 6.07) is 61.3. The van der Waals surface area contributed by atoms with Gasteiger partial charge in [0.05, 0.1) is 18.2 Å². The minimum atomic E-state index is 0.402. The van der Waals surface area contributed by atoms with Gasteiger partial charge in [-0.2, -0.15) is 5.26 Å². The number of para-hydroxylation sites is 2. The average Bonchev–Trinajstić information content (AvgIpc) is 3.32. The van der Waals surface area contributed by atoms with Gasteiger partial charge in [0.2, 0.25) is 0 Å². The predicted octanol–water partition coefficient (Wildman–Crippen LogP) is 15.8. The number of hydrogen-bond donors (Lipinski definition) is 2. The first-order chi connectivity index (χ1) is 30.3. The van der Waals surface area contributed by atoms with Crippen molar-refractivity contribution in [3.05, 3.63) is 209 Å². The third-order valence-electron chi connectivity index (χ3n) is 11.0. The highest BCUT2D eigenvalue weighted by atomic mass is 15.1. The standard InChI is InChI=1S/C56H52N6/c1-6-41(3)59-48-26-34-54(35-27-48)61(50-14-10-8-11-15-50)52-30-20-43(21-31-52)18-24-45-39-56(58-5)46(38-47(45)40-57)25-19-44-22-32-53(33-23-44)62(51-16-12-9-13-17-51)55-36-28-49(29-37-55)60-42(4)7-2/h8-39,41-42,59-60H,6-7H2,1-4H3/b24-18+,25-19+. The Labute approximate surface area is 367 Å². The summed E-state index contributed by atoms with van der Waals surface area (Å²) in [5.41, 5.74) is 12.9. The van der Waals surface area contributed by atoms with Gasteiger partial charge in [-0.05, 0) is 158 Å². The van der Waals surface area contributed by atoms with Crippen LogP contribution in [0.2, 0.25) is 0 Å². The lowest BCUT2D eigenvalue weighted by Crippen LogP contribution is -2.14. The molecular formula is C56H52N6. The number of nitrogens with one attached hydrogen (secondary N) is 2. The van der Waals surface area contributed by atoms with Gasteiger partial charge in [-0.1, -0.05) is 98.8 Å². The van der Waals surface area contributed by atoms with E-state index in [0.717, 1.165) is 69.5 Å². The molecule has 306 valence electrons. The van der Waals surface area contributed by atoms with Gasteiger partial charge in [-0.3, -0.25) is 0 Å². The molecule has 6 heteroatoms. The van der Waals surface area contributed by atoms with E-state index in [2.05, 4.69) is 205 Å². The van der Waals surface area contributed by atoms with E-state index in [0.29, 0.717) is 34.5 Å². The Bertz CT molecular complexity index is 2480. The normalized spacial score (nSPS) is 12.0. The molecule has 7 aromatic rings. The average molecular weight is 809 g/mol. The lowest BCUT2D eigenvalue weighted by molar-refractivity contribution is 0.764. The zero-order valence-corrected chi connectivity index (χ0v) is 35.8. The summed E-state index contributed by atoms with van der Waals surface area (Å²) in [6.07, 6.45) is 9.93. The van der Waals surface area contributed by atoms with Gasteiger partial charge in [-0.25, -0.2) is 4.85 Å². The van der Waals surface area contributed by atoms with Crippen LogP contribution in [-0.4, -0.2) is 12.1 Å². The van der Waals surface area contributed by atoms with E-state index in [1.54, 1.807) is 12.1 Å². The van der Waals surface area contributed by atoms with E-state index < -0.39 is 0 Å². The number of nitrogens with zero attached hydrogens (tertiary/aromatic N) is 4. The molecule has 0 heterocycles. The van der Waals surface area contributed by atoms with E-state index in [1.165, 1.54) is 0 Å². The second-order valence-corrected chi connectivity index (χ2v) is 15.4. The second kappa shape index (κ2) is 20.4. The van der Waals surface area contributed by atoms with Crippen molar-refractivity contribution in [2.75, 3.05) is 20.4 Å². The van der Waals surface area contributed by atoms with Crippen molar-refractivity contribution in [2.24, 2.45) is 0 Å². The quantitative estimate of drug-likeness (QED) is 0.0752. The molecule has 0 aliphatic carbocycles. The molecule has 2 atom stereocenters. The van der Waals surface area contributed by atoms with Crippen molar-refractivity contribution in [3.63, 3.8) is 0 Å². The lowest BCUT2D eigenvalue weighted by atomic mass is 10.0. The maximum atomic E-state index is 10.2. The van der Waals surface area contributed by atoms with Crippen molar-refractivity contribution < 1.29 is 0 Å². The van der Waals surface area contributed by atoms with Crippen LogP contribution in [-0.2, 0) is 0 Å². The van der Waals surface area contributed by atoms with Crippen LogP contribution in [0.3, 0.4) is 0 Å². The van der Waals surface area contributed by atoms with Crippen LogP contribution in [0.4, 0.5) is 51.2 Å². The van der Waals surface area contributed by atoms with Gasteiger partial charge in [0.25, 0.3) is 0 Å². The summed E-state index contributed by atoms with van der Waals surface area (Å²) in [5.74, 6) is 0. The first-order valence-electron chi connectivity index (χ1n) is 21.3. The first-order valence-corrected chi connectivity index (χ1v) is 21.3. The molecule has 62 heavy (non-hydrogen) atoms. The molecule has 2 N–H and O–H groups in total. The van der Waals surface area contributed by atoms with Crippen LogP contribution < -0.4 is 20.4 Å². The lowest BCUT2D eigenvalue weighted by Gasteiger charge is -2.26. The molecule has 0 saturated carbocycles. The smallest absolute Gasteiger partial charge is 0.194 e. The van der Waals surface area contributed by atoms with Gasteiger partial charge >= 0.3 is 0 Å². The number of benzene rings is 7. The molecule has 0 spiro atoms. The minimum Gasteiger partial charge on any atom is -0.383 e. The molecule has 0 radical (unpaired) electrons. The summed E-state index contributed by atoms with van der Waals surface area (Å²) < 4.78 is 0. The Morgan fingerprint density at radius 3 is 1.26 bits per heavy atom. The van der Waals surface area contributed by atoms with Crippen molar-refractivity contribution >= 4 is 75.5 Å². The predicted molar refractivity (Wildman–Crippen MR) is 264 cm³/mol. The van der Waals surface area contributed by atoms with Crippen molar-refractivity contribution in [2.45, 2.75) is 52.6 Å². The highest BCUT2D eigenvalue weighted by molar-refractivity contribution is 5.84. The Morgan fingerprint density at radius 2 is 0.887 bits per heavy atom. The molecule has 0 aromatic heterocycles. The van der Waals surface area contributed by atoms with E-state index in [4.69, 9.17) is 6.57 Å². The van der Waals surface area contributed by atoms with Crippen LogP contribution in [0.25, 0.3) is 29.1 Å². The molecule has 7 aromatic carbocycles. The Hall–Kier alpha value is -7.80. The van der Waals surface area contributed by atoms with Crippen molar-refractivity contribution in [1.29, 1.82) is 5.26 Å². The molecule has 0 bridgehead atoms. The summed E-state index contributed by atoms with van der Waals surface area (Å²) in [5, 5.41) is 17.3. The number of anilines is 8. The van der Waals surface area contributed by atoms with Gasteiger partial charge in [0.15, 0.2) is 5.69 Å². The topological polar surface area (TPSA) is 58.7 Å². The third kappa shape index (κ3) is 10.5. The second-order valence-electron chi connectivity index (χ2n) is 15.4. The molecule has 6 nitrogen and oxygen atoms in total. The van der Waals surface area contributed by atoms with Crippen LogP contribution in [0.1, 0.15) is 68.4 Å². The van der Waals surface area contributed by atoms with E-state index in [-0.39, 0.29) is 0 Å². The van der Waals surface area contributed by atoms with Gasteiger partial charge < -0.3 is 20.4 Å². The van der Waals surface area contributed by atoms with Crippen LogP contribution >= 0.6 is 0 Å². The largest absolute Gasteiger partial charge is 0.383 e. The Morgan fingerprint density at radius 1 is 0.516 bits per heavy atom. The molecule has 7 rings (SSSR count). The summed E-state index contributed by atoms with van der Waals surface area (Å²) >= 11 is 0. The Balaban J connectivity index is 1.08. The van der Waals surface area contributed by atoms with Crippen LogP contribution in [0.5, 0.6) is 0 Å².